The summed E-state index contributed by atoms with van der Waals surface area (Å²) in [5, 5.41) is 10.7. The molecule has 0 spiro atoms. The Balaban J connectivity index is 2.16. The number of benzene rings is 1. The smallest absolute Gasteiger partial charge is 0.258 e. The van der Waals surface area contributed by atoms with Crippen LogP contribution in [0, 0.1) is 34.8 Å². The molecule has 0 bridgehead atoms. The van der Waals surface area contributed by atoms with Gasteiger partial charge in [-0.1, -0.05) is 41.7 Å². The summed E-state index contributed by atoms with van der Waals surface area (Å²) in [5.41, 5.74) is 0.963. The lowest BCUT2D eigenvalue weighted by molar-refractivity contribution is -0.418. The Kier molecular flexibility index (Phi) is 5.91. The first-order chi connectivity index (χ1) is 11.8. The van der Waals surface area contributed by atoms with Crippen molar-refractivity contribution in [3.05, 3.63) is 76.5 Å². The lowest BCUT2D eigenvalue weighted by Gasteiger charge is -2.18. The number of hydrogen-bond donors (Lipinski definition) is 0. The molecule has 0 saturated carbocycles. The van der Waals surface area contributed by atoms with E-state index in [2.05, 4.69) is 18.4 Å². The van der Waals surface area contributed by atoms with Crippen LogP contribution < -0.4 is 0 Å². The topological polar surface area (TPSA) is 80.5 Å². The molecule has 0 fully saturated rings. The molecule has 0 aromatic heterocycles. The first-order valence-electron chi connectivity index (χ1n) is 7.55. The van der Waals surface area contributed by atoms with Crippen LogP contribution in [0.3, 0.4) is 0 Å². The van der Waals surface area contributed by atoms with Crippen molar-refractivity contribution >= 4 is 10.0 Å². The van der Waals surface area contributed by atoms with Crippen LogP contribution in [0.15, 0.2) is 65.7 Å². The molecule has 0 aliphatic heterocycles. The van der Waals surface area contributed by atoms with Gasteiger partial charge < -0.3 is 0 Å². The maximum Gasteiger partial charge on any atom is 0.266 e. The van der Waals surface area contributed by atoms with Crippen molar-refractivity contribution in [1.82, 2.24) is 4.31 Å². The zero-order valence-electron chi connectivity index (χ0n) is 13.8. The summed E-state index contributed by atoms with van der Waals surface area (Å²) in [5.74, 6) is 5.24. The molecule has 7 heteroatoms. The van der Waals surface area contributed by atoms with Crippen molar-refractivity contribution in [2.24, 2.45) is 5.92 Å². The number of nitro groups is 1. The molecule has 1 aliphatic rings. The lowest BCUT2D eigenvalue weighted by Crippen LogP contribution is -2.31. The van der Waals surface area contributed by atoms with Gasteiger partial charge in [-0.05, 0) is 19.1 Å². The van der Waals surface area contributed by atoms with Gasteiger partial charge in [-0.3, -0.25) is 10.1 Å². The van der Waals surface area contributed by atoms with Crippen LogP contribution in [-0.2, 0) is 10.0 Å². The zero-order chi connectivity index (χ0) is 18.4. The third kappa shape index (κ3) is 4.66. The van der Waals surface area contributed by atoms with Gasteiger partial charge in [0, 0.05) is 18.7 Å². The lowest BCUT2D eigenvalue weighted by atomic mass is 10.2. The molecule has 1 aromatic rings. The summed E-state index contributed by atoms with van der Waals surface area (Å²) < 4.78 is 26.6. The van der Waals surface area contributed by atoms with Gasteiger partial charge in [0.05, 0.1) is 22.3 Å². The fourth-order valence-electron chi connectivity index (χ4n) is 2.21. The van der Waals surface area contributed by atoms with Crippen LogP contribution in [0.1, 0.15) is 5.56 Å². The van der Waals surface area contributed by atoms with E-state index in [1.807, 2.05) is 6.92 Å². The summed E-state index contributed by atoms with van der Waals surface area (Å²) in [7, 11) is -3.68. The van der Waals surface area contributed by atoms with Crippen LogP contribution >= 0.6 is 0 Å². The molecule has 6 nitrogen and oxygen atoms in total. The monoisotopic (exact) mass is 358 g/mol. The standard InChI is InChI=1S/C18H18N2O4S/c1-3-12-19(25(23,24)18-10-6-15(2)7-11-18)13-4-5-16-8-9-17(14-16)20(21)22/h3,6-11,14,16H,1,12-13H2,2H3. The van der Waals surface area contributed by atoms with E-state index in [-0.39, 0.29) is 29.6 Å². The predicted octanol–water partition coefficient (Wildman–Crippen LogP) is 2.52. The average Bonchev–Trinajstić information content (AvgIpc) is 3.03. The predicted molar refractivity (Wildman–Crippen MR) is 95.6 cm³/mol. The van der Waals surface area contributed by atoms with Gasteiger partial charge in [-0.25, -0.2) is 8.42 Å². The Morgan fingerprint density at radius 1 is 1.36 bits per heavy atom. The molecule has 2 rings (SSSR count). The average molecular weight is 358 g/mol. The van der Waals surface area contributed by atoms with E-state index >= 15 is 0 Å². The van der Waals surface area contributed by atoms with E-state index in [4.69, 9.17) is 0 Å². The molecule has 0 N–H and O–H groups in total. The van der Waals surface area contributed by atoms with Gasteiger partial charge in [-0.2, -0.15) is 4.31 Å². The number of nitrogens with zero attached hydrogens (tertiary/aromatic N) is 2. The molecule has 130 valence electrons. The third-order valence-electron chi connectivity index (χ3n) is 3.55. The van der Waals surface area contributed by atoms with E-state index in [9.17, 15) is 18.5 Å². The Morgan fingerprint density at radius 2 is 2.04 bits per heavy atom. The minimum absolute atomic E-state index is 0.00507. The first kappa shape index (κ1) is 18.6. The summed E-state index contributed by atoms with van der Waals surface area (Å²) in [4.78, 5) is 10.4. The van der Waals surface area contributed by atoms with Crippen LogP contribution in [0.2, 0.25) is 0 Å². The highest BCUT2D eigenvalue weighted by Gasteiger charge is 2.22. The molecule has 1 aliphatic carbocycles. The highest BCUT2D eigenvalue weighted by atomic mass is 32.2. The Labute approximate surface area is 147 Å². The highest BCUT2D eigenvalue weighted by molar-refractivity contribution is 7.89. The van der Waals surface area contributed by atoms with Crippen molar-refractivity contribution in [3.63, 3.8) is 0 Å². The van der Waals surface area contributed by atoms with E-state index in [0.29, 0.717) is 0 Å². The minimum Gasteiger partial charge on any atom is -0.258 e. The SMILES string of the molecule is C=CCN(CC#CC1C=CC([N+](=O)[O-])=C1)S(=O)(=O)c1ccc(C)cc1. The second-order valence-corrected chi connectivity index (χ2v) is 7.39. The van der Waals surface area contributed by atoms with Crippen LogP contribution in [0.5, 0.6) is 0 Å². The zero-order valence-corrected chi connectivity index (χ0v) is 14.6. The molecule has 1 atom stereocenters. The van der Waals surface area contributed by atoms with E-state index in [0.717, 1.165) is 5.56 Å². The maximum absolute atomic E-state index is 12.7. The van der Waals surface area contributed by atoms with Crippen LogP contribution in [0.25, 0.3) is 0 Å². The molecule has 0 heterocycles. The fourth-order valence-corrected chi connectivity index (χ4v) is 3.53. The molecular formula is C18H18N2O4S. The molecule has 1 aromatic carbocycles. The number of allylic oxidation sites excluding steroid dienone is 3. The second-order valence-electron chi connectivity index (χ2n) is 5.45. The van der Waals surface area contributed by atoms with E-state index in [1.165, 1.54) is 22.5 Å². The van der Waals surface area contributed by atoms with Crippen LogP contribution in [-0.4, -0.2) is 30.7 Å². The summed E-state index contributed by atoms with van der Waals surface area (Å²) in [6.45, 7) is 5.57. The van der Waals surface area contributed by atoms with Crippen molar-refractivity contribution < 1.29 is 13.3 Å². The first-order valence-corrected chi connectivity index (χ1v) is 8.99. The summed E-state index contributed by atoms with van der Waals surface area (Å²) in [6.07, 6.45) is 5.92. The Morgan fingerprint density at radius 3 is 2.60 bits per heavy atom. The van der Waals surface area contributed by atoms with Gasteiger partial charge in [-0.15, -0.1) is 6.58 Å². The largest absolute Gasteiger partial charge is 0.266 e. The highest BCUT2D eigenvalue weighted by Crippen LogP contribution is 2.17. The Hall–Kier alpha value is -2.69. The van der Waals surface area contributed by atoms with Gasteiger partial charge in [0.15, 0.2) is 0 Å². The van der Waals surface area contributed by atoms with Crippen molar-refractivity contribution in [2.75, 3.05) is 13.1 Å². The molecule has 0 radical (unpaired) electrons. The van der Waals surface area contributed by atoms with Crippen molar-refractivity contribution in [2.45, 2.75) is 11.8 Å². The van der Waals surface area contributed by atoms with Gasteiger partial charge >= 0.3 is 0 Å². The van der Waals surface area contributed by atoms with Gasteiger partial charge in [0.1, 0.15) is 0 Å². The van der Waals surface area contributed by atoms with Crippen molar-refractivity contribution in [3.8, 4) is 11.8 Å². The number of hydrogen-bond acceptors (Lipinski definition) is 4. The minimum atomic E-state index is -3.68. The van der Waals surface area contributed by atoms with Crippen LogP contribution in [0.4, 0.5) is 0 Å². The van der Waals surface area contributed by atoms with E-state index < -0.39 is 14.9 Å². The fraction of sp³-hybridized carbons (Fsp3) is 0.222. The molecule has 25 heavy (non-hydrogen) atoms. The normalized spacial score (nSPS) is 16.2. The molecule has 0 saturated heterocycles. The number of rotatable bonds is 6. The third-order valence-corrected chi connectivity index (χ3v) is 5.38. The summed E-state index contributed by atoms with van der Waals surface area (Å²) >= 11 is 0. The quantitative estimate of drug-likeness (QED) is 0.339. The van der Waals surface area contributed by atoms with E-state index in [1.54, 1.807) is 30.3 Å². The molecule has 0 amide bonds. The number of aryl methyl sites for hydroxylation is 1. The number of sulfonamides is 1. The van der Waals surface area contributed by atoms with Gasteiger partial charge in [0.25, 0.3) is 5.70 Å². The Bertz CT molecular complexity index is 887. The van der Waals surface area contributed by atoms with Gasteiger partial charge in [0.2, 0.25) is 10.0 Å². The molecule has 1 unspecified atom stereocenters. The summed E-state index contributed by atoms with van der Waals surface area (Å²) in [6, 6.07) is 6.58. The second kappa shape index (κ2) is 7.92. The maximum atomic E-state index is 12.7. The molecular weight excluding hydrogens is 340 g/mol. The van der Waals surface area contributed by atoms with Crippen molar-refractivity contribution in [1.29, 1.82) is 0 Å².